The topological polar surface area (TPSA) is 64.3 Å². The monoisotopic (exact) mass is 238 g/mol. The Balaban J connectivity index is 1.75. The molecule has 0 bridgehead atoms. The molecule has 1 aliphatic rings. The number of carbonyl (C=O) groups is 1. The van der Waals surface area contributed by atoms with Gasteiger partial charge in [-0.25, -0.2) is 0 Å². The molecule has 16 heavy (non-hydrogen) atoms. The Morgan fingerprint density at radius 3 is 2.69 bits per heavy atom. The Morgan fingerprint density at radius 1 is 1.44 bits per heavy atom. The van der Waals surface area contributed by atoms with E-state index in [4.69, 9.17) is 10.5 Å². The van der Waals surface area contributed by atoms with Crippen molar-refractivity contribution in [2.24, 2.45) is 0 Å². The number of amides is 1. The van der Waals surface area contributed by atoms with E-state index in [0.717, 1.165) is 18.9 Å². The second kappa shape index (κ2) is 5.23. The molecule has 0 spiro atoms. The molecule has 1 aromatic carbocycles. The number of rotatable bonds is 4. The zero-order chi connectivity index (χ0) is 11.4. The van der Waals surface area contributed by atoms with Crippen LogP contribution in [0.3, 0.4) is 0 Å². The van der Waals surface area contributed by atoms with Gasteiger partial charge in [-0.2, -0.15) is 0 Å². The summed E-state index contributed by atoms with van der Waals surface area (Å²) in [5, 5.41) is 3.30. The van der Waals surface area contributed by atoms with E-state index in [0.29, 0.717) is 16.7 Å². The largest absolute Gasteiger partial charge is 0.399 e. The van der Waals surface area contributed by atoms with Crippen LogP contribution >= 0.6 is 11.8 Å². The van der Waals surface area contributed by atoms with Crippen LogP contribution in [0.1, 0.15) is 0 Å². The van der Waals surface area contributed by atoms with Gasteiger partial charge in [0.2, 0.25) is 5.91 Å². The van der Waals surface area contributed by atoms with Crippen molar-refractivity contribution < 1.29 is 9.53 Å². The van der Waals surface area contributed by atoms with Crippen molar-refractivity contribution >= 4 is 29.0 Å². The third-order valence-corrected chi connectivity index (χ3v) is 3.42. The molecule has 1 heterocycles. The van der Waals surface area contributed by atoms with Gasteiger partial charge in [0, 0.05) is 11.4 Å². The van der Waals surface area contributed by atoms with E-state index in [1.54, 1.807) is 36.0 Å². The number of anilines is 2. The van der Waals surface area contributed by atoms with Crippen LogP contribution in [0, 0.1) is 0 Å². The molecule has 0 unspecified atom stereocenters. The van der Waals surface area contributed by atoms with Crippen molar-refractivity contribution in [2.45, 2.75) is 5.25 Å². The first-order valence-corrected chi connectivity index (χ1v) is 6.13. The highest BCUT2D eigenvalue weighted by Gasteiger charge is 2.19. The van der Waals surface area contributed by atoms with Crippen molar-refractivity contribution in [1.82, 2.24) is 0 Å². The smallest absolute Gasteiger partial charge is 0.234 e. The maximum atomic E-state index is 11.5. The Kier molecular flexibility index (Phi) is 3.69. The molecule has 1 fully saturated rings. The predicted molar refractivity (Wildman–Crippen MR) is 66.5 cm³/mol. The molecule has 0 radical (unpaired) electrons. The molecular formula is C11H14N2O2S. The van der Waals surface area contributed by atoms with Crippen molar-refractivity contribution in [1.29, 1.82) is 0 Å². The fourth-order valence-corrected chi connectivity index (χ4v) is 2.11. The molecule has 1 aliphatic heterocycles. The number of carbonyl (C=O) groups excluding carboxylic acids is 1. The Bertz CT molecular complexity index is 363. The fraction of sp³-hybridized carbons (Fsp3) is 0.364. The van der Waals surface area contributed by atoms with E-state index < -0.39 is 0 Å². The Labute approximate surface area is 98.5 Å². The standard InChI is InChI=1S/C11H14N2O2S/c12-8-1-3-9(4-2-8)13-11(14)7-16-10-5-15-6-10/h1-4,10H,5-7,12H2,(H,13,14). The molecule has 0 atom stereocenters. The summed E-state index contributed by atoms with van der Waals surface area (Å²) in [6, 6.07) is 7.12. The zero-order valence-electron chi connectivity index (χ0n) is 8.81. The second-order valence-electron chi connectivity index (χ2n) is 3.64. The first-order chi connectivity index (χ1) is 7.74. The summed E-state index contributed by atoms with van der Waals surface area (Å²) in [4.78, 5) is 11.5. The fourth-order valence-electron chi connectivity index (χ4n) is 1.27. The number of hydrogen-bond donors (Lipinski definition) is 2. The lowest BCUT2D eigenvalue weighted by atomic mass is 10.3. The van der Waals surface area contributed by atoms with Crippen LogP contribution in [0.5, 0.6) is 0 Å². The molecule has 0 aliphatic carbocycles. The lowest BCUT2D eigenvalue weighted by molar-refractivity contribution is -0.113. The zero-order valence-corrected chi connectivity index (χ0v) is 9.63. The van der Waals surface area contributed by atoms with Gasteiger partial charge in [-0.1, -0.05) is 0 Å². The first kappa shape index (κ1) is 11.3. The SMILES string of the molecule is Nc1ccc(NC(=O)CSC2COC2)cc1. The number of nitrogens with one attached hydrogen (secondary N) is 1. The first-order valence-electron chi connectivity index (χ1n) is 5.09. The Hall–Kier alpha value is -1.20. The van der Waals surface area contributed by atoms with Crippen molar-refractivity contribution in [2.75, 3.05) is 30.0 Å². The molecule has 1 aromatic rings. The van der Waals surface area contributed by atoms with Gasteiger partial charge in [0.1, 0.15) is 0 Å². The average Bonchev–Trinajstić information content (AvgIpc) is 2.19. The molecule has 2 rings (SSSR count). The van der Waals surface area contributed by atoms with E-state index in [-0.39, 0.29) is 5.91 Å². The highest BCUT2D eigenvalue weighted by atomic mass is 32.2. The van der Waals surface area contributed by atoms with E-state index in [2.05, 4.69) is 5.32 Å². The molecule has 86 valence electrons. The summed E-state index contributed by atoms with van der Waals surface area (Å²) >= 11 is 1.63. The highest BCUT2D eigenvalue weighted by molar-refractivity contribution is 8.00. The summed E-state index contributed by atoms with van der Waals surface area (Å²) < 4.78 is 5.03. The van der Waals surface area contributed by atoms with Crippen molar-refractivity contribution in [3.05, 3.63) is 24.3 Å². The van der Waals surface area contributed by atoms with Gasteiger partial charge < -0.3 is 15.8 Å². The van der Waals surface area contributed by atoms with E-state index >= 15 is 0 Å². The van der Waals surface area contributed by atoms with Crippen LogP contribution in [0.2, 0.25) is 0 Å². The molecule has 0 aromatic heterocycles. The molecule has 3 N–H and O–H groups in total. The van der Waals surface area contributed by atoms with Crippen LogP contribution in [0.25, 0.3) is 0 Å². The number of hydrogen-bond acceptors (Lipinski definition) is 4. The van der Waals surface area contributed by atoms with Gasteiger partial charge >= 0.3 is 0 Å². The number of nitrogens with two attached hydrogens (primary N) is 1. The maximum absolute atomic E-state index is 11.5. The van der Waals surface area contributed by atoms with E-state index in [1.165, 1.54) is 0 Å². The summed E-state index contributed by atoms with van der Waals surface area (Å²) in [7, 11) is 0. The third-order valence-electron chi connectivity index (χ3n) is 2.25. The summed E-state index contributed by atoms with van der Waals surface area (Å²) in [5.41, 5.74) is 7.03. The van der Waals surface area contributed by atoms with Gasteiger partial charge in [-0.05, 0) is 24.3 Å². The molecule has 4 nitrogen and oxygen atoms in total. The lowest BCUT2D eigenvalue weighted by Gasteiger charge is -2.24. The number of thioether (sulfide) groups is 1. The maximum Gasteiger partial charge on any atom is 0.234 e. The van der Waals surface area contributed by atoms with Gasteiger partial charge in [-0.15, -0.1) is 11.8 Å². The minimum absolute atomic E-state index is 0.0154. The summed E-state index contributed by atoms with van der Waals surface area (Å²) in [6.07, 6.45) is 0. The molecule has 5 heteroatoms. The van der Waals surface area contributed by atoms with Gasteiger partial charge in [0.25, 0.3) is 0 Å². The third kappa shape index (κ3) is 3.15. The summed E-state index contributed by atoms with van der Waals surface area (Å²) in [5.74, 6) is 0.486. The van der Waals surface area contributed by atoms with Crippen molar-refractivity contribution in [3.8, 4) is 0 Å². The normalized spacial score (nSPS) is 15.5. The molecular weight excluding hydrogens is 224 g/mol. The highest BCUT2D eigenvalue weighted by Crippen LogP contribution is 2.19. The van der Waals surface area contributed by atoms with Crippen LogP contribution in [-0.4, -0.2) is 30.1 Å². The van der Waals surface area contributed by atoms with Gasteiger partial charge in [0.15, 0.2) is 0 Å². The van der Waals surface area contributed by atoms with Crippen LogP contribution < -0.4 is 11.1 Å². The molecule has 0 saturated carbocycles. The van der Waals surface area contributed by atoms with Gasteiger partial charge in [-0.3, -0.25) is 4.79 Å². The molecule has 1 amide bonds. The second-order valence-corrected chi connectivity index (χ2v) is 4.93. The average molecular weight is 238 g/mol. The van der Waals surface area contributed by atoms with Crippen LogP contribution in [0.15, 0.2) is 24.3 Å². The molecule has 1 saturated heterocycles. The van der Waals surface area contributed by atoms with E-state index in [1.807, 2.05) is 0 Å². The van der Waals surface area contributed by atoms with Crippen LogP contribution in [0.4, 0.5) is 11.4 Å². The van der Waals surface area contributed by atoms with E-state index in [9.17, 15) is 4.79 Å². The number of ether oxygens (including phenoxy) is 1. The number of benzene rings is 1. The quantitative estimate of drug-likeness (QED) is 0.777. The minimum atomic E-state index is 0.0154. The lowest BCUT2D eigenvalue weighted by Crippen LogP contribution is -2.31. The van der Waals surface area contributed by atoms with Crippen molar-refractivity contribution in [3.63, 3.8) is 0 Å². The predicted octanol–water partition coefficient (Wildman–Crippen LogP) is 1.34. The number of nitrogen functional groups attached to an aromatic ring is 1. The summed E-state index contributed by atoms with van der Waals surface area (Å²) in [6.45, 7) is 1.53. The minimum Gasteiger partial charge on any atom is -0.399 e. The van der Waals surface area contributed by atoms with Gasteiger partial charge in [0.05, 0.1) is 24.2 Å². The Morgan fingerprint density at radius 2 is 2.12 bits per heavy atom. The van der Waals surface area contributed by atoms with Crippen LogP contribution in [-0.2, 0) is 9.53 Å².